The van der Waals surface area contributed by atoms with Crippen LogP contribution in [-0.2, 0) is 5.41 Å². The Bertz CT molecular complexity index is 1340. The van der Waals surface area contributed by atoms with Crippen LogP contribution in [0.2, 0.25) is 0 Å². The fourth-order valence-electron chi connectivity index (χ4n) is 3.68. The molecule has 6 heteroatoms. The van der Waals surface area contributed by atoms with E-state index in [4.69, 9.17) is 19.7 Å². The van der Waals surface area contributed by atoms with Crippen LogP contribution in [0.1, 0.15) is 45.7 Å². The maximum absolute atomic E-state index is 11.2. The van der Waals surface area contributed by atoms with Crippen LogP contribution < -0.4 is 9.47 Å². The summed E-state index contributed by atoms with van der Waals surface area (Å²) < 4.78 is 11.7. The number of hydrogen-bond acceptors (Lipinski definition) is 4. The van der Waals surface area contributed by atoms with Crippen LogP contribution in [-0.4, -0.2) is 22.2 Å². The Labute approximate surface area is 203 Å². The average molecular weight is 469 g/mol. The van der Waals surface area contributed by atoms with Crippen LogP contribution in [0.4, 0.5) is 0 Å². The van der Waals surface area contributed by atoms with Crippen molar-refractivity contribution in [3.8, 4) is 23.0 Å². The first-order valence-electron chi connectivity index (χ1n) is 11.0. The molecule has 0 atom stereocenters. The largest absolute Gasteiger partial charge is 0.478 e. The van der Waals surface area contributed by atoms with Crippen LogP contribution in [0, 0.1) is 0 Å². The lowest BCUT2D eigenvalue weighted by Crippen LogP contribution is -2.18. The number of ether oxygens (including phenoxy) is 2. The molecule has 0 heterocycles. The van der Waals surface area contributed by atoms with Crippen LogP contribution in [0.5, 0.6) is 23.0 Å². The number of carboxylic acid groups (broad SMARTS) is 2. The molecule has 0 aliphatic heterocycles. The van der Waals surface area contributed by atoms with Crippen molar-refractivity contribution >= 4 is 11.9 Å². The van der Waals surface area contributed by atoms with E-state index in [1.54, 1.807) is 24.3 Å². The molecule has 0 spiro atoms. The molecular formula is C29H24O6. The SMILES string of the molecule is CC(C)(c1ccc(Oc2ccc(C(=O)O)cc2)cc1)c1ccc(Oc2cccc(C(=O)O)c2)cc1. The van der Waals surface area contributed by atoms with E-state index in [1.807, 2.05) is 48.5 Å². The molecular weight excluding hydrogens is 444 g/mol. The zero-order valence-electron chi connectivity index (χ0n) is 19.3. The predicted molar refractivity (Wildman–Crippen MR) is 132 cm³/mol. The fraction of sp³-hybridized carbons (Fsp3) is 0.103. The van der Waals surface area contributed by atoms with Gasteiger partial charge in [-0.3, -0.25) is 0 Å². The molecule has 4 aromatic carbocycles. The molecule has 35 heavy (non-hydrogen) atoms. The molecule has 0 bridgehead atoms. The second-order valence-electron chi connectivity index (χ2n) is 8.54. The lowest BCUT2D eigenvalue weighted by Gasteiger charge is -2.26. The molecule has 0 aromatic heterocycles. The third-order valence-electron chi connectivity index (χ3n) is 5.81. The Morgan fingerprint density at radius 2 is 1.00 bits per heavy atom. The summed E-state index contributed by atoms with van der Waals surface area (Å²) in [4.78, 5) is 22.1. The first kappa shape index (κ1) is 23.6. The topological polar surface area (TPSA) is 93.1 Å². The normalized spacial score (nSPS) is 11.0. The van der Waals surface area contributed by atoms with Crippen molar-refractivity contribution in [1.29, 1.82) is 0 Å². The van der Waals surface area contributed by atoms with Gasteiger partial charge in [0, 0.05) is 5.41 Å². The zero-order chi connectivity index (χ0) is 25.0. The minimum Gasteiger partial charge on any atom is -0.478 e. The number of carboxylic acids is 2. The van der Waals surface area contributed by atoms with Crippen LogP contribution in [0.3, 0.4) is 0 Å². The van der Waals surface area contributed by atoms with Crippen LogP contribution >= 0.6 is 0 Å². The highest BCUT2D eigenvalue weighted by Crippen LogP contribution is 2.34. The third kappa shape index (κ3) is 5.50. The van der Waals surface area contributed by atoms with Gasteiger partial charge in [-0.1, -0.05) is 44.2 Å². The van der Waals surface area contributed by atoms with Gasteiger partial charge in [0.1, 0.15) is 23.0 Å². The molecule has 0 aliphatic rings. The van der Waals surface area contributed by atoms with E-state index in [0.717, 1.165) is 11.1 Å². The number of carbonyl (C=O) groups is 2. The first-order valence-corrected chi connectivity index (χ1v) is 11.0. The highest BCUT2D eigenvalue weighted by Gasteiger charge is 2.23. The van der Waals surface area contributed by atoms with Gasteiger partial charge < -0.3 is 19.7 Å². The minimum absolute atomic E-state index is 0.171. The van der Waals surface area contributed by atoms with E-state index < -0.39 is 11.9 Å². The Morgan fingerprint density at radius 3 is 1.46 bits per heavy atom. The molecule has 0 amide bonds. The number of benzene rings is 4. The quantitative estimate of drug-likeness (QED) is 0.289. The van der Waals surface area contributed by atoms with E-state index in [0.29, 0.717) is 23.0 Å². The Kier molecular flexibility index (Phi) is 6.55. The zero-order valence-corrected chi connectivity index (χ0v) is 19.3. The van der Waals surface area contributed by atoms with Crippen molar-refractivity contribution in [2.75, 3.05) is 0 Å². The molecule has 0 radical (unpaired) electrons. The van der Waals surface area contributed by atoms with E-state index >= 15 is 0 Å². The lowest BCUT2D eigenvalue weighted by atomic mass is 9.78. The van der Waals surface area contributed by atoms with Gasteiger partial charge in [-0.05, 0) is 77.9 Å². The summed E-state index contributed by atoms with van der Waals surface area (Å²) in [7, 11) is 0. The van der Waals surface area contributed by atoms with Crippen LogP contribution in [0.15, 0.2) is 97.1 Å². The van der Waals surface area contributed by atoms with Crippen molar-refractivity contribution < 1.29 is 29.3 Å². The van der Waals surface area contributed by atoms with E-state index in [9.17, 15) is 9.59 Å². The molecule has 4 rings (SSSR count). The molecule has 4 aromatic rings. The van der Waals surface area contributed by atoms with Gasteiger partial charge in [0.15, 0.2) is 0 Å². The fourth-order valence-corrected chi connectivity index (χ4v) is 3.68. The third-order valence-corrected chi connectivity index (χ3v) is 5.81. The van der Waals surface area contributed by atoms with Gasteiger partial charge in [0.25, 0.3) is 0 Å². The van der Waals surface area contributed by atoms with Crippen molar-refractivity contribution in [2.24, 2.45) is 0 Å². The van der Waals surface area contributed by atoms with Gasteiger partial charge in [0.05, 0.1) is 11.1 Å². The highest BCUT2D eigenvalue weighted by atomic mass is 16.5. The van der Waals surface area contributed by atoms with Crippen LogP contribution in [0.25, 0.3) is 0 Å². The Hall–Kier alpha value is -4.58. The van der Waals surface area contributed by atoms with Gasteiger partial charge in [0.2, 0.25) is 0 Å². The Balaban J connectivity index is 1.45. The van der Waals surface area contributed by atoms with Crippen molar-refractivity contribution in [3.63, 3.8) is 0 Å². The summed E-state index contributed by atoms with van der Waals surface area (Å²) in [6.07, 6.45) is 0. The van der Waals surface area contributed by atoms with Gasteiger partial charge in [-0.2, -0.15) is 0 Å². The Morgan fingerprint density at radius 1 is 0.571 bits per heavy atom. The van der Waals surface area contributed by atoms with E-state index in [2.05, 4.69) is 13.8 Å². The van der Waals surface area contributed by atoms with Crippen molar-refractivity contribution in [2.45, 2.75) is 19.3 Å². The average Bonchev–Trinajstić information content (AvgIpc) is 2.85. The molecule has 176 valence electrons. The molecule has 0 saturated heterocycles. The highest BCUT2D eigenvalue weighted by molar-refractivity contribution is 5.88. The second-order valence-corrected chi connectivity index (χ2v) is 8.54. The van der Waals surface area contributed by atoms with E-state index in [-0.39, 0.29) is 16.5 Å². The lowest BCUT2D eigenvalue weighted by molar-refractivity contribution is 0.0686. The maximum atomic E-state index is 11.2. The smallest absolute Gasteiger partial charge is 0.335 e. The van der Waals surface area contributed by atoms with Gasteiger partial charge >= 0.3 is 11.9 Å². The number of aromatic carboxylic acids is 2. The second kappa shape index (κ2) is 9.73. The monoisotopic (exact) mass is 468 g/mol. The number of hydrogen-bond donors (Lipinski definition) is 2. The predicted octanol–water partition coefficient (Wildman–Crippen LogP) is 6.99. The summed E-state index contributed by atoms with van der Waals surface area (Å²) in [6.45, 7) is 4.25. The molecule has 0 unspecified atom stereocenters. The summed E-state index contributed by atoms with van der Waals surface area (Å²) in [5, 5.41) is 18.2. The molecule has 2 N–H and O–H groups in total. The standard InChI is InChI=1S/C29H24O6/c1-29(2,21-8-14-24(15-9-21)34-23-12-6-19(7-13-23)27(30)31)22-10-16-25(17-11-22)35-26-5-3-4-20(18-26)28(32)33/h3-18H,1-2H3,(H,30,31)(H,32,33). The minimum atomic E-state index is -1.000. The molecule has 6 nitrogen and oxygen atoms in total. The van der Waals surface area contributed by atoms with E-state index in [1.165, 1.54) is 24.3 Å². The molecule has 0 fully saturated rings. The summed E-state index contributed by atoms with van der Waals surface area (Å²) >= 11 is 0. The van der Waals surface area contributed by atoms with Crippen molar-refractivity contribution in [3.05, 3.63) is 119 Å². The summed E-state index contributed by atoms with van der Waals surface area (Å²) in [5.74, 6) is 0.316. The molecule has 0 saturated carbocycles. The van der Waals surface area contributed by atoms with Gasteiger partial charge in [-0.15, -0.1) is 0 Å². The number of rotatable bonds is 8. The summed E-state index contributed by atoms with van der Waals surface area (Å²) in [5.41, 5.74) is 2.27. The summed E-state index contributed by atoms with van der Waals surface area (Å²) in [6, 6.07) is 28.1. The van der Waals surface area contributed by atoms with Gasteiger partial charge in [-0.25, -0.2) is 9.59 Å². The molecule has 0 aliphatic carbocycles. The first-order chi connectivity index (χ1) is 16.7. The van der Waals surface area contributed by atoms with Crippen molar-refractivity contribution in [1.82, 2.24) is 0 Å². The maximum Gasteiger partial charge on any atom is 0.335 e.